The lowest BCUT2D eigenvalue weighted by Gasteiger charge is -1.97. The molecule has 1 N–H and O–H groups in total. The summed E-state index contributed by atoms with van der Waals surface area (Å²) in [4.78, 5) is 4.55. The molecule has 1 aromatic carbocycles. The van der Waals surface area contributed by atoms with E-state index in [0.29, 0.717) is 5.75 Å². The Bertz CT molecular complexity index is 481. The summed E-state index contributed by atoms with van der Waals surface area (Å²) < 4.78 is 2.19. The van der Waals surface area contributed by atoms with Gasteiger partial charge in [0.05, 0.1) is 5.69 Å². The van der Waals surface area contributed by atoms with Crippen LogP contribution in [0.2, 0.25) is 0 Å². The number of imidazole rings is 1. The summed E-state index contributed by atoms with van der Waals surface area (Å²) >= 11 is 0. The summed E-state index contributed by atoms with van der Waals surface area (Å²) in [6.45, 7) is 1.07. The zero-order valence-corrected chi connectivity index (χ0v) is 8.35. The first kappa shape index (κ1) is 8.53. The molecular weight excluding hydrogens is 188 g/mol. The highest BCUT2D eigenvalue weighted by Gasteiger charge is 2.14. The van der Waals surface area contributed by atoms with E-state index in [9.17, 15) is 5.11 Å². The van der Waals surface area contributed by atoms with Gasteiger partial charge in [-0.25, -0.2) is 4.98 Å². The topological polar surface area (TPSA) is 38.0 Å². The summed E-state index contributed by atoms with van der Waals surface area (Å²) in [6.07, 6.45) is 4.33. The van der Waals surface area contributed by atoms with Crippen molar-refractivity contribution in [2.24, 2.45) is 0 Å². The van der Waals surface area contributed by atoms with E-state index in [0.717, 1.165) is 30.0 Å². The maximum absolute atomic E-state index is 9.39. The van der Waals surface area contributed by atoms with Gasteiger partial charge in [0.25, 0.3) is 0 Å². The maximum Gasteiger partial charge on any atom is 0.116 e. The van der Waals surface area contributed by atoms with E-state index in [-0.39, 0.29) is 0 Å². The van der Waals surface area contributed by atoms with E-state index in [4.69, 9.17) is 0 Å². The van der Waals surface area contributed by atoms with Crippen LogP contribution in [0.5, 0.6) is 5.75 Å². The van der Waals surface area contributed by atoms with Gasteiger partial charge >= 0.3 is 0 Å². The van der Waals surface area contributed by atoms with Crippen molar-refractivity contribution in [2.45, 2.75) is 19.4 Å². The van der Waals surface area contributed by atoms with E-state index < -0.39 is 0 Å². The van der Waals surface area contributed by atoms with Gasteiger partial charge in [0.1, 0.15) is 11.6 Å². The van der Waals surface area contributed by atoms with Crippen molar-refractivity contribution in [3.8, 4) is 17.0 Å². The molecule has 1 aromatic heterocycles. The largest absolute Gasteiger partial charge is 0.508 e. The molecule has 2 aromatic rings. The number of nitrogens with zero attached hydrogens (tertiary/aromatic N) is 2. The summed E-state index contributed by atoms with van der Waals surface area (Å²) in [6, 6.07) is 7.23. The number of benzene rings is 1. The second-order valence-corrected chi connectivity index (χ2v) is 3.89. The minimum Gasteiger partial charge on any atom is -0.508 e. The number of rotatable bonds is 1. The van der Waals surface area contributed by atoms with E-state index in [1.165, 1.54) is 6.42 Å². The Balaban J connectivity index is 2.06. The number of aromatic hydroxyl groups is 1. The highest BCUT2D eigenvalue weighted by molar-refractivity contribution is 5.60. The van der Waals surface area contributed by atoms with Crippen LogP contribution in [0.3, 0.4) is 0 Å². The Morgan fingerprint density at radius 3 is 3.07 bits per heavy atom. The number of fused-ring (bicyclic) bond motifs is 1. The summed E-state index contributed by atoms with van der Waals surface area (Å²) in [5, 5.41) is 9.39. The van der Waals surface area contributed by atoms with Gasteiger partial charge in [-0.3, -0.25) is 0 Å². The van der Waals surface area contributed by atoms with Crippen LogP contribution in [-0.2, 0) is 13.0 Å². The Hall–Kier alpha value is -1.77. The molecule has 1 aliphatic heterocycles. The normalized spacial score (nSPS) is 14.1. The molecule has 1 aliphatic rings. The first-order valence-electron chi connectivity index (χ1n) is 5.18. The Morgan fingerprint density at radius 1 is 1.33 bits per heavy atom. The first-order chi connectivity index (χ1) is 7.33. The average molecular weight is 200 g/mol. The van der Waals surface area contributed by atoms with Crippen LogP contribution in [-0.4, -0.2) is 14.7 Å². The van der Waals surface area contributed by atoms with Crippen LogP contribution in [0.1, 0.15) is 12.2 Å². The van der Waals surface area contributed by atoms with Crippen LogP contribution >= 0.6 is 0 Å². The number of aryl methyl sites for hydroxylation is 2. The van der Waals surface area contributed by atoms with E-state index in [1.54, 1.807) is 12.1 Å². The van der Waals surface area contributed by atoms with Gasteiger partial charge in [0.2, 0.25) is 0 Å². The van der Waals surface area contributed by atoms with Gasteiger partial charge in [-0.15, -0.1) is 0 Å². The Kier molecular flexibility index (Phi) is 1.78. The molecule has 0 amide bonds. The third-order valence-corrected chi connectivity index (χ3v) is 2.80. The fourth-order valence-corrected chi connectivity index (χ4v) is 2.06. The number of phenolic OH excluding ortho intramolecular Hbond substituents is 1. The number of hydrogen-bond donors (Lipinski definition) is 1. The van der Waals surface area contributed by atoms with E-state index in [1.807, 2.05) is 12.1 Å². The lowest BCUT2D eigenvalue weighted by atomic mass is 10.1. The fourth-order valence-electron chi connectivity index (χ4n) is 2.06. The number of phenols is 1. The molecule has 15 heavy (non-hydrogen) atoms. The molecule has 76 valence electrons. The SMILES string of the molecule is Oc1cccc(-c2cn3c(n2)CCC3)c1. The molecule has 3 heteroatoms. The zero-order valence-electron chi connectivity index (χ0n) is 8.35. The third-order valence-electron chi connectivity index (χ3n) is 2.80. The Labute approximate surface area is 88.0 Å². The standard InChI is InChI=1S/C12H12N2O/c15-10-4-1-3-9(7-10)11-8-14-6-2-5-12(14)13-11/h1,3-4,7-8,15H,2,5-6H2. The van der Waals surface area contributed by atoms with E-state index in [2.05, 4.69) is 15.7 Å². The maximum atomic E-state index is 9.39. The van der Waals surface area contributed by atoms with Crippen LogP contribution in [0, 0.1) is 0 Å². The molecule has 0 unspecified atom stereocenters. The molecule has 0 saturated carbocycles. The van der Waals surface area contributed by atoms with Crippen molar-refractivity contribution in [3.05, 3.63) is 36.3 Å². The smallest absolute Gasteiger partial charge is 0.116 e. The average Bonchev–Trinajstić information content (AvgIpc) is 2.76. The molecular formula is C12H12N2O. The first-order valence-corrected chi connectivity index (χ1v) is 5.18. The molecule has 3 rings (SSSR count). The molecule has 0 atom stereocenters. The van der Waals surface area contributed by atoms with Gasteiger partial charge in [-0.1, -0.05) is 12.1 Å². The molecule has 3 nitrogen and oxygen atoms in total. The van der Waals surface area contributed by atoms with Gasteiger partial charge < -0.3 is 9.67 Å². The quantitative estimate of drug-likeness (QED) is 0.766. The number of aromatic nitrogens is 2. The van der Waals surface area contributed by atoms with Crippen molar-refractivity contribution in [2.75, 3.05) is 0 Å². The minimum atomic E-state index is 0.292. The molecule has 2 heterocycles. The van der Waals surface area contributed by atoms with Crippen LogP contribution < -0.4 is 0 Å². The highest BCUT2D eigenvalue weighted by atomic mass is 16.3. The van der Waals surface area contributed by atoms with Gasteiger partial charge in [-0.2, -0.15) is 0 Å². The molecule has 0 spiro atoms. The monoisotopic (exact) mass is 200 g/mol. The van der Waals surface area contributed by atoms with Gasteiger partial charge in [0, 0.05) is 24.7 Å². The van der Waals surface area contributed by atoms with E-state index >= 15 is 0 Å². The molecule has 0 aliphatic carbocycles. The van der Waals surface area contributed by atoms with Crippen LogP contribution in [0.15, 0.2) is 30.5 Å². The third kappa shape index (κ3) is 1.40. The van der Waals surface area contributed by atoms with Crippen LogP contribution in [0.25, 0.3) is 11.3 Å². The highest BCUT2D eigenvalue weighted by Crippen LogP contribution is 2.25. The van der Waals surface area contributed by atoms with Crippen LogP contribution in [0.4, 0.5) is 0 Å². The van der Waals surface area contributed by atoms with Crippen molar-refractivity contribution in [1.29, 1.82) is 0 Å². The Morgan fingerprint density at radius 2 is 2.27 bits per heavy atom. The minimum absolute atomic E-state index is 0.292. The molecule has 0 bridgehead atoms. The summed E-state index contributed by atoms with van der Waals surface area (Å²) in [5.74, 6) is 1.45. The predicted molar refractivity (Wildman–Crippen MR) is 57.6 cm³/mol. The lowest BCUT2D eigenvalue weighted by molar-refractivity contribution is 0.475. The summed E-state index contributed by atoms with van der Waals surface area (Å²) in [5.41, 5.74) is 1.94. The van der Waals surface area contributed by atoms with Crippen molar-refractivity contribution >= 4 is 0 Å². The van der Waals surface area contributed by atoms with Crippen molar-refractivity contribution in [1.82, 2.24) is 9.55 Å². The fraction of sp³-hybridized carbons (Fsp3) is 0.250. The summed E-state index contributed by atoms with van der Waals surface area (Å²) in [7, 11) is 0. The van der Waals surface area contributed by atoms with Crippen molar-refractivity contribution < 1.29 is 5.11 Å². The lowest BCUT2D eigenvalue weighted by Crippen LogP contribution is -1.87. The second kappa shape index (κ2) is 3.12. The predicted octanol–water partition coefficient (Wildman–Crippen LogP) is 2.20. The number of hydrogen-bond acceptors (Lipinski definition) is 2. The van der Waals surface area contributed by atoms with Gasteiger partial charge in [0.15, 0.2) is 0 Å². The zero-order chi connectivity index (χ0) is 10.3. The van der Waals surface area contributed by atoms with Gasteiger partial charge in [-0.05, 0) is 18.6 Å². The molecule has 0 saturated heterocycles. The molecule has 0 fully saturated rings. The molecule has 0 radical (unpaired) electrons. The second-order valence-electron chi connectivity index (χ2n) is 3.89. The van der Waals surface area contributed by atoms with Crippen molar-refractivity contribution in [3.63, 3.8) is 0 Å².